The third-order valence-corrected chi connectivity index (χ3v) is 5.99. The van der Waals surface area contributed by atoms with Gasteiger partial charge in [-0.15, -0.1) is 0 Å². The molecule has 0 spiro atoms. The van der Waals surface area contributed by atoms with Gasteiger partial charge in [0.1, 0.15) is 0 Å². The smallest absolute Gasteiger partial charge is 0.221 e. The summed E-state index contributed by atoms with van der Waals surface area (Å²) in [6.07, 6.45) is 8.77. The lowest BCUT2D eigenvalue weighted by Gasteiger charge is -2.57. The number of amides is 1. The number of carbonyl (C=O) groups is 1. The minimum atomic E-state index is 0.190. The predicted octanol–water partition coefficient (Wildman–Crippen LogP) is 2.80. The van der Waals surface area contributed by atoms with Crippen LogP contribution in [0.25, 0.3) is 0 Å². The van der Waals surface area contributed by atoms with E-state index in [1.807, 2.05) is 0 Å². The van der Waals surface area contributed by atoms with Crippen LogP contribution >= 0.6 is 0 Å². The number of hydrogen-bond acceptors (Lipinski definition) is 2. The predicted molar refractivity (Wildman–Crippen MR) is 81.5 cm³/mol. The van der Waals surface area contributed by atoms with Gasteiger partial charge in [-0.25, -0.2) is 0 Å². The monoisotopic (exact) mass is 278 g/mol. The largest absolute Gasteiger partial charge is 0.351 e. The van der Waals surface area contributed by atoms with Gasteiger partial charge in [0.2, 0.25) is 5.91 Å². The molecule has 3 heteroatoms. The summed E-state index contributed by atoms with van der Waals surface area (Å²) in [7, 11) is 0. The fourth-order valence-corrected chi connectivity index (χ4v) is 5.42. The minimum absolute atomic E-state index is 0.190. The van der Waals surface area contributed by atoms with Crippen molar-refractivity contribution >= 4 is 5.91 Å². The quantitative estimate of drug-likeness (QED) is 0.810. The highest BCUT2D eigenvalue weighted by Gasteiger charge is 2.51. The van der Waals surface area contributed by atoms with E-state index < -0.39 is 0 Å². The van der Waals surface area contributed by atoms with Crippen LogP contribution in [0.5, 0.6) is 0 Å². The molecule has 0 aromatic rings. The Morgan fingerprint density at radius 3 is 2.00 bits per heavy atom. The molecular weight excluding hydrogens is 248 g/mol. The molecule has 4 aliphatic rings. The maximum absolute atomic E-state index is 12.3. The molecule has 4 fully saturated rings. The van der Waals surface area contributed by atoms with Crippen molar-refractivity contribution in [3.05, 3.63) is 0 Å². The summed E-state index contributed by atoms with van der Waals surface area (Å²) in [6.45, 7) is 7.33. The molecule has 4 bridgehead atoms. The van der Waals surface area contributed by atoms with Crippen LogP contribution in [-0.4, -0.2) is 36.0 Å². The van der Waals surface area contributed by atoms with Crippen molar-refractivity contribution < 1.29 is 4.79 Å². The Balaban J connectivity index is 1.53. The normalized spacial score (nSPS) is 38.5. The lowest BCUT2D eigenvalue weighted by Crippen LogP contribution is -2.60. The highest BCUT2D eigenvalue weighted by molar-refractivity contribution is 5.77. The van der Waals surface area contributed by atoms with Crippen molar-refractivity contribution in [2.24, 2.45) is 17.8 Å². The van der Waals surface area contributed by atoms with E-state index in [1.54, 1.807) is 0 Å². The summed E-state index contributed by atoms with van der Waals surface area (Å²) in [5.74, 6) is 3.01. The molecule has 0 aromatic heterocycles. The standard InChI is InChI=1S/C17H30N2O/c1-3-19(4-2)6-5-16(20)18-17-10-13-7-14(11-17)9-15(8-13)12-17/h13-15H,3-12H2,1-2H3,(H,18,20). The van der Waals surface area contributed by atoms with Crippen molar-refractivity contribution in [1.82, 2.24) is 10.2 Å². The van der Waals surface area contributed by atoms with Gasteiger partial charge in [0.25, 0.3) is 0 Å². The van der Waals surface area contributed by atoms with E-state index in [-0.39, 0.29) is 5.54 Å². The van der Waals surface area contributed by atoms with Crippen LogP contribution in [0.15, 0.2) is 0 Å². The molecule has 20 heavy (non-hydrogen) atoms. The van der Waals surface area contributed by atoms with E-state index in [0.717, 1.165) is 37.4 Å². The zero-order valence-electron chi connectivity index (χ0n) is 13.2. The first-order valence-electron chi connectivity index (χ1n) is 8.66. The van der Waals surface area contributed by atoms with Crippen LogP contribution in [0.2, 0.25) is 0 Å². The molecule has 3 nitrogen and oxygen atoms in total. The average molecular weight is 278 g/mol. The van der Waals surface area contributed by atoms with E-state index in [0.29, 0.717) is 12.3 Å². The third kappa shape index (κ3) is 2.88. The first-order valence-corrected chi connectivity index (χ1v) is 8.66. The maximum atomic E-state index is 12.3. The van der Waals surface area contributed by atoms with E-state index >= 15 is 0 Å². The van der Waals surface area contributed by atoms with Gasteiger partial charge in [-0.1, -0.05) is 13.8 Å². The van der Waals surface area contributed by atoms with Crippen LogP contribution in [0.1, 0.15) is 58.8 Å². The summed E-state index contributed by atoms with van der Waals surface area (Å²) in [4.78, 5) is 14.7. The van der Waals surface area contributed by atoms with Gasteiger partial charge in [-0.3, -0.25) is 4.79 Å². The molecule has 114 valence electrons. The first-order chi connectivity index (χ1) is 9.62. The molecule has 0 heterocycles. The number of nitrogens with one attached hydrogen (secondary N) is 1. The average Bonchev–Trinajstić information content (AvgIpc) is 2.37. The minimum Gasteiger partial charge on any atom is -0.351 e. The highest BCUT2D eigenvalue weighted by Crippen LogP contribution is 2.55. The molecule has 1 amide bonds. The van der Waals surface area contributed by atoms with Gasteiger partial charge in [0, 0.05) is 18.5 Å². The second-order valence-electron chi connectivity index (χ2n) is 7.52. The molecule has 0 unspecified atom stereocenters. The molecule has 4 saturated carbocycles. The lowest BCUT2D eigenvalue weighted by molar-refractivity contribution is -0.127. The molecular formula is C17H30N2O. The second-order valence-corrected chi connectivity index (χ2v) is 7.52. The van der Waals surface area contributed by atoms with Gasteiger partial charge in [-0.2, -0.15) is 0 Å². The fourth-order valence-electron chi connectivity index (χ4n) is 5.42. The summed E-state index contributed by atoms with van der Waals surface area (Å²) in [5.41, 5.74) is 0.190. The van der Waals surface area contributed by atoms with Crippen molar-refractivity contribution in [3.8, 4) is 0 Å². The van der Waals surface area contributed by atoms with Crippen LogP contribution in [-0.2, 0) is 4.79 Å². The van der Waals surface area contributed by atoms with Gasteiger partial charge in [0.05, 0.1) is 0 Å². The van der Waals surface area contributed by atoms with E-state index in [9.17, 15) is 4.79 Å². The Morgan fingerprint density at radius 2 is 1.55 bits per heavy atom. The zero-order chi connectivity index (χ0) is 14.2. The summed E-state index contributed by atoms with van der Waals surface area (Å²) in [6, 6.07) is 0. The highest BCUT2D eigenvalue weighted by atomic mass is 16.1. The topological polar surface area (TPSA) is 32.3 Å². The van der Waals surface area contributed by atoms with Gasteiger partial charge in [-0.05, 0) is 69.4 Å². The number of carbonyl (C=O) groups excluding carboxylic acids is 1. The number of rotatable bonds is 6. The second kappa shape index (κ2) is 5.67. The molecule has 4 aliphatic carbocycles. The van der Waals surface area contributed by atoms with Gasteiger partial charge >= 0.3 is 0 Å². The van der Waals surface area contributed by atoms with Crippen LogP contribution < -0.4 is 5.32 Å². The van der Waals surface area contributed by atoms with Crippen molar-refractivity contribution in [2.45, 2.75) is 64.3 Å². The third-order valence-electron chi connectivity index (χ3n) is 5.99. The number of hydrogen-bond donors (Lipinski definition) is 1. The summed E-state index contributed by atoms with van der Waals surface area (Å²) >= 11 is 0. The van der Waals surface area contributed by atoms with E-state index in [4.69, 9.17) is 0 Å². The molecule has 0 aliphatic heterocycles. The molecule has 1 N–H and O–H groups in total. The molecule has 4 rings (SSSR count). The maximum Gasteiger partial charge on any atom is 0.221 e. The molecule has 0 atom stereocenters. The lowest BCUT2D eigenvalue weighted by atomic mass is 9.53. The van der Waals surface area contributed by atoms with Crippen molar-refractivity contribution in [2.75, 3.05) is 19.6 Å². The molecule has 0 saturated heterocycles. The molecule has 0 aromatic carbocycles. The van der Waals surface area contributed by atoms with Crippen LogP contribution in [0, 0.1) is 17.8 Å². The first kappa shape index (κ1) is 14.4. The number of nitrogens with zero attached hydrogens (tertiary/aromatic N) is 1. The van der Waals surface area contributed by atoms with Crippen molar-refractivity contribution in [3.63, 3.8) is 0 Å². The summed E-state index contributed by atoms with van der Waals surface area (Å²) in [5, 5.41) is 3.46. The van der Waals surface area contributed by atoms with Crippen molar-refractivity contribution in [1.29, 1.82) is 0 Å². The Morgan fingerprint density at radius 1 is 1.05 bits per heavy atom. The fraction of sp³-hybridized carbons (Fsp3) is 0.941. The zero-order valence-corrected chi connectivity index (χ0v) is 13.2. The van der Waals surface area contributed by atoms with Gasteiger partial charge < -0.3 is 10.2 Å². The SMILES string of the molecule is CCN(CC)CCC(=O)NC12CC3CC(CC(C3)C1)C2. The Labute approximate surface area is 123 Å². The summed E-state index contributed by atoms with van der Waals surface area (Å²) < 4.78 is 0. The Bertz CT molecular complexity index is 327. The van der Waals surface area contributed by atoms with E-state index in [1.165, 1.54) is 38.5 Å². The van der Waals surface area contributed by atoms with Crippen LogP contribution in [0.4, 0.5) is 0 Å². The molecule has 0 radical (unpaired) electrons. The van der Waals surface area contributed by atoms with E-state index in [2.05, 4.69) is 24.1 Å². The van der Waals surface area contributed by atoms with Gasteiger partial charge in [0.15, 0.2) is 0 Å². The Kier molecular flexibility index (Phi) is 4.07. The Hall–Kier alpha value is -0.570. The van der Waals surface area contributed by atoms with Crippen LogP contribution in [0.3, 0.4) is 0 Å².